The number of anilines is 2. The van der Waals surface area contributed by atoms with Crippen molar-refractivity contribution in [3.63, 3.8) is 0 Å². The van der Waals surface area contributed by atoms with Crippen LogP contribution in [0.5, 0.6) is 0 Å². The third kappa shape index (κ3) is 5.42. The molecule has 28 heavy (non-hydrogen) atoms. The molecule has 5 N–H and O–H groups in total. The largest absolute Gasteiger partial charge is 0.394 e. The number of benzene rings is 2. The highest BCUT2D eigenvalue weighted by molar-refractivity contribution is 5.99. The number of hydroxylamine groups is 1. The van der Waals surface area contributed by atoms with Crippen molar-refractivity contribution in [1.82, 2.24) is 5.48 Å². The third-order valence-corrected chi connectivity index (χ3v) is 3.67. The Labute approximate surface area is 158 Å². The standard InChI is InChI=1S/C18H19F3N2O5/c19-13-3-2-12(18(27)23-28-6-5-24)17(16(13)21)22-15-4-1-10(8-14(15)20)7-11(26)9-25/h1-4,8,11,22,24-26H,5-7,9H2,(H,23,27). The fourth-order valence-electron chi connectivity index (χ4n) is 2.34. The minimum absolute atomic E-state index is 0.00211. The predicted octanol–water partition coefficient (Wildman–Crippen LogP) is 1.40. The number of hydrogen-bond donors (Lipinski definition) is 5. The monoisotopic (exact) mass is 400 g/mol. The second kappa shape index (κ2) is 10.0. The maximum atomic E-state index is 14.3. The zero-order valence-electron chi connectivity index (χ0n) is 14.6. The molecule has 1 amide bonds. The number of carbonyl (C=O) groups is 1. The zero-order chi connectivity index (χ0) is 20.7. The summed E-state index contributed by atoms with van der Waals surface area (Å²) in [4.78, 5) is 16.7. The van der Waals surface area contributed by atoms with E-state index in [0.717, 1.165) is 18.2 Å². The van der Waals surface area contributed by atoms with E-state index in [1.807, 2.05) is 5.48 Å². The smallest absolute Gasteiger partial charge is 0.277 e. The van der Waals surface area contributed by atoms with Crippen molar-refractivity contribution in [1.29, 1.82) is 0 Å². The highest BCUT2D eigenvalue weighted by Gasteiger charge is 2.20. The summed E-state index contributed by atoms with van der Waals surface area (Å²) < 4.78 is 42.2. The van der Waals surface area contributed by atoms with Crippen LogP contribution in [0.25, 0.3) is 0 Å². The van der Waals surface area contributed by atoms with E-state index in [0.29, 0.717) is 5.56 Å². The first-order chi connectivity index (χ1) is 13.4. The summed E-state index contributed by atoms with van der Waals surface area (Å²) in [6.07, 6.45) is -1.06. The molecule has 7 nitrogen and oxygen atoms in total. The number of aliphatic hydroxyl groups is 3. The number of nitrogens with one attached hydrogen (secondary N) is 2. The van der Waals surface area contributed by atoms with Gasteiger partial charge < -0.3 is 20.6 Å². The van der Waals surface area contributed by atoms with Gasteiger partial charge in [-0.15, -0.1) is 0 Å². The highest BCUT2D eigenvalue weighted by Crippen LogP contribution is 2.28. The van der Waals surface area contributed by atoms with Gasteiger partial charge in [0.15, 0.2) is 11.6 Å². The normalized spacial score (nSPS) is 11.9. The molecule has 0 bridgehead atoms. The molecule has 0 aromatic heterocycles. The molecule has 0 aliphatic rings. The van der Waals surface area contributed by atoms with Crippen molar-refractivity contribution in [2.75, 3.05) is 25.1 Å². The van der Waals surface area contributed by atoms with Gasteiger partial charge in [-0.1, -0.05) is 6.07 Å². The van der Waals surface area contributed by atoms with Gasteiger partial charge in [0.05, 0.1) is 42.9 Å². The van der Waals surface area contributed by atoms with Crippen LogP contribution in [0, 0.1) is 17.5 Å². The van der Waals surface area contributed by atoms with Crippen molar-refractivity contribution in [3.05, 3.63) is 58.9 Å². The van der Waals surface area contributed by atoms with Crippen LogP contribution in [0.1, 0.15) is 15.9 Å². The van der Waals surface area contributed by atoms with Crippen LogP contribution in [-0.4, -0.2) is 47.2 Å². The van der Waals surface area contributed by atoms with E-state index in [1.54, 1.807) is 0 Å². The fraction of sp³-hybridized carbons (Fsp3) is 0.278. The van der Waals surface area contributed by atoms with Crippen molar-refractivity contribution in [3.8, 4) is 0 Å². The Morgan fingerprint density at radius 1 is 1.11 bits per heavy atom. The highest BCUT2D eigenvalue weighted by atomic mass is 19.2. The predicted molar refractivity (Wildman–Crippen MR) is 93.3 cm³/mol. The van der Waals surface area contributed by atoms with Gasteiger partial charge in [-0.05, 0) is 29.8 Å². The van der Waals surface area contributed by atoms with E-state index in [9.17, 15) is 23.1 Å². The van der Waals surface area contributed by atoms with E-state index in [4.69, 9.17) is 10.2 Å². The lowest BCUT2D eigenvalue weighted by Crippen LogP contribution is -2.26. The molecule has 2 aromatic carbocycles. The molecule has 0 radical (unpaired) electrons. The minimum atomic E-state index is -1.39. The van der Waals surface area contributed by atoms with Crippen LogP contribution >= 0.6 is 0 Å². The van der Waals surface area contributed by atoms with Gasteiger partial charge in [0, 0.05) is 6.42 Å². The molecule has 0 fully saturated rings. The molecule has 152 valence electrons. The van der Waals surface area contributed by atoms with E-state index in [1.165, 1.54) is 12.1 Å². The molecule has 0 aliphatic heterocycles. The Bertz CT molecular complexity index is 835. The summed E-state index contributed by atoms with van der Waals surface area (Å²) in [6, 6.07) is 5.43. The Balaban J connectivity index is 2.29. The lowest BCUT2D eigenvalue weighted by molar-refractivity contribution is 0.0168. The van der Waals surface area contributed by atoms with Gasteiger partial charge in [-0.2, -0.15) is 0 Å². The van der Waals surface area contributed by atoms with Gasteiger partial charge in [0.25, 0.3) is 5.91 Å². The number of halogens is 3. The maximum absolute atomic E-state index is 14.3. The number of hydrogen-bond acceptors (Lipinski definition) is 6. The van der Waals surface area contributed by atoms with Crippen LogP contribution in [0.3, 0.4) is 0 Å². The second-order valence-electron chi connectivity index (χ2n) is 5.77. The summed E-state index contributed by atoms with van der Waals surface area (Å²) >= 11 is 0. The van der Waals surface area contributed by atoms with Crippen molar-refractivity contribution in [2.24, 2.45) is 0 Å². The first-order valence-corrected chi connectivity index (χ1v) is 8.22. The fourth-order valence-corrected chi connectivity index (χ4v) is 2.34. The first-order valence-electron chi connectivity index (χ1n) is 8.22. The lowest BCUT2D eigenvalue weighted by atomic mass is 10.1. The van der Waals surface area contributed by atoms with Gasteiger partial charge in [0.1, 0.15) is 5.82 Å². The topological polar surface area (TPSA) is 111 Å². The molecule has 0 saturated heterocycles. The summed E-state index contributed by atoms with van der Waals surface area (Å²) in [5, 5.41) is 29.2. The summed E-state index contributed by atoms with van der Waals surface area (Å²) in [5.41, 5.74) is 1.13. The van der Waals surface area contributed by atoms with Crippen LogP contribution in [0.4, 0.5) is 24.5 Å². The number of aliphatic hydroxyl groups excluding tert-OH is 3. The summed E-state index contributed by atoms with van der Waals surface area (Å²) in [7, 11) is 0. The molecule has 1 unspecified atom stereocenters. The van der Waals surface area contributed by atoms with Crippen LogP contribution in [-0.2, 0) is 11.3 Å². The van der Waals surface area contributed by atoms with Gasteiger partial charge in [-0.25, -0.2) is 18.7 Å². The average Bonchev–Trinajstić information content (AvgIpc) is 2.67. The molecule has 2 aromatic rings. The molecule has 0 heterocycles. The van der Waals surface area contributed by atoms with Gasteiger partial charge in [-0.3, -0.25) is 9.63 Å². The van der Waals surface area contributed by atoms with Crippen molar-refractivity contribution >= 4 is 17.3 Å². The maximum Gasteiger partial charge on any atom is 0.277 e. The molecule has 2 rings (SSSR count). The number of carbonyl (C=O) groups excluding carboxylic acids is 1. The van der Waals surface area contributed by atoms with E-state index < -0.39 is 41.8 Å². The van der Waals surface area contributed by atoms with Crippen LogP contribution < -0.4 is 10.8 Å². The Morgan fingerprint density at radius 3 is 2.50 bits per heavy atom. The summed E-state index contributed by atoms with van der Waals surface area (Å²) in [6.45, 7) is -1.08. The van der Waals surface area contributed by atoms with E-state index in [-0.39, 0.29) is 30.9 Å². The van der Waals surface area contributed by atoms with Crippen molar-refractivity contribution in [2.45, 2.75) is 12.5 Å². The molecule has 1 atom stereocenters. The SMILES string of the molecule is O=C(NOCCO)c1ccc(F)c(F)c1Nc1ccc(CC(O)CO)cc1F. The first kappa shape index (κ1) is 21.6. The number of rotatable bonds is 9. The third-order valence-electron chi connectivity index (χ3n) is 3.67. The van der Waals surface area contributed by atoms with Crippen LogP contribution in [0.15, 0.2) is 30.3 Å². The second-order valence-corrected chi connectivity index (χ2v) is 5.77. The molecule has 0 aliphatic carbocycles. The molecule has 0 spiro atoms. The zero-order valence-corrected chi connectivity index (χ0v) is 14.6. The van der Waals surface area contributed by atoms with Gasteiger partial charge in [0.2, 0.25) is 0 Å². The average molecular weight is 400 g/mol. The Kier molecular flexibility index (Phi) is 7.76. The quantitative estimate of drug-likeness (QED) is 0.321. The van der Waals surface area contributed by atoms with Crippen LogP contribution in [0.2, 0.25) is 0 Å². The lowest BCUT2D eigenvalue weighted by Gasteiger charge is -2.15. The Hall–Kier alpha value is -2.66. The minimum Gasteiger partial charge on any atom is -0.394 e. The number of amides is 1. The van der Waals surface area contributed by atoms with Gasteiger partial charge >= 0.3 is 0 Å². The summed E-state index contributed by atoms with van der Waals surface area (Å²) in [5.74, 6) is -4.42. The molecular weight excluding hydrogens is 381 g/mol. The van der Waals surface area contributed by atoms with E-state index in [2.05, 4.69) is 10.2 Å². The van der Waals surface area contributed by atoms with Crippen molar-refractivity contribution < 1.29 is 38.1 Å². The molecule has 0 saturated carbocycles. The van der Waals surface area contributed by atoms with E-state index >= 15 is 0 Å². The Morgan fingerprint density at radius 2 is 1.86 bits per heavy atom. The molecular formula is C18H19F3N2O5. The molecule has 10 heteroatoms.